The van der Waals surface area contributed by atoms with E-state index in [1.54, 1.807) is 4.58 Å². The molecule has 0 aliphatic heterocycles. The van der Waals surface area contributed by atoms with Gasteiger partial charge in [0.1, 0.15) is 6.04 Å². The summed E-state index contributed by atoms with van der Waals surface area (Å²) in [6.07, 6.45) is 0. The Morgan fingerprint density at radius 1 is 1.64 bits per heavy atom. The lowest BCUT2D eigenvalue weighted by atomic mass is 10.4. The number of nitroso groups, excluding NO2 is 1. The highest BCUT2D eigenvalue weighted by Gasteiger charge is 2.21. The van der Waals surface area contributed by atoms with E-state index in [-0.39, 0.29) is 0 Å². The van der Waals surface area contributed by atoms with Crippen LogP contribution in [0.1, 0.15) is 0 Å². The number of carboxylic acids is 1. The zero-order valence-electron chi connectivity index (χ0n) is 5.30. The van der Waals surface area contributed by atoms with Crippen LogP contribution in [0.25, 0.3) is 0 Å². The molecule has 7 nitrogen and oxygen atoms in total. The SMILES string of the molecule is NC(CS(=O)(=O)N=O)C(=O)O. The first kappa shape index (κ1) is 9.98. The Hall–Kier alpha value is -1.02. The molecular formula is C3H6N2O5S. The van der Waals surface area contributed by atoms with Crippen LogP contribution in [0.4, 0.5) is 0 Å². The molecule has 64 valence electrons. The summed E-state index contributed by atoms with van der Waals surface area (Å²) in [7, 11) is -4.20. The molecule has 0 aliphatic carbocycles. The first-order valence-corrected chi connectivity index (χ1v) is 4.05. The average molecular weight is 182 g/mol. The largest absolute Gasteiger partial charge is 0.480 e. The van der Waals surface area contributed by atoms with Gasteiger partial charge >= 0.3 is 5.97 Å². The minimum Gasteiger partial charge on any atom is -0.480 e. The third kappa shape index (κ3) is 3.63. The summed E-state index contributed by atoms with van der Waals surface area (Å²) < 4.78 is 22.3. The molecule has 0 aromatic carbocycles. The summed E-state index contributed by atoms with van der Waals surface area (Å²) in [5, 5.41) is 8.11. The van der Waals surface area contributed by atoms with Crippen LogP contribution in [0.15, 0.2) is 4.58 Å². The second-order valence-electron chi connectivity index (χ2n) is 1.77. The molecule has 0 saturated heterocycles. The van der Waals surface area contributed by atoms with Crippen molar-refractivity contribution in [3.63, 3.8) is 0 Å². The van der Waals surface area contributed by atoms with Gasteiger partial charge in [-0.05, 0) is 0 Å². The van der Waals surface area contributed by atoms with Crippen molar-refractivity contribution in [2.45, 2.75) is 6.04 Å². The highest BCUT2D eigenvalue weighted by Crippen LogP contribution is 1.93. The molecule has 0 aromatic rings. The summed E-state index contributed by atoms with van der Waals surface area (Å²) in [6.45, 7) is 0. The van der Waals surface area contributed by atoms with Crippen LogP contribution in [0.5, 0.6) is 0 Å². The zero-order valence-corrected chi connectivity index (χ0v) is 6.11. The molecular weight excluding hydrogens is 176 g/mol. The number of hydrogen-bond donors (Lipinski definition) is 2. The quantitative estimate of drug-likeness (QED) is 0.509. The molecule has 0 spiro atoms. The second-order valence-corrected chi connectivity index (χ2v) is 3.41. The standard InChI is InChI=1S/C3H6N2O5S/c4-2(3(6)7)1-11(9,10)5-8/h2H,1,4H2,(H,6,7). The van der Waals surface area contributed by atoms with Crippen LogP contribution in [0, 0.1) is 4.91 Å². The lowest BCUT2D eigenvalue weighted by Crippen LogP contribution is -2.36. The molecule has 0 bridgehead atoms. The van der Waals surface area contributed by atoms with Crippen molar-refractivity contribution < 1.29 is 18.3 Å². The number of nitrogens with two attached hydrogens (primary N) is 1. The van der Waals surface area contributed by atoms with Gasteiger partial charge in [0.15, 0.2) is 0 Å². The van der Waals surface area contributed by atoms with Crippen LogP contribution in [0.3, 0.4) is 0 Å². The van der Waals surface area contributed by atoms with Gasteiger partial charge in [-0.2, -0.15) is 0 Å². The molecule has 0 aliphatic rings. The molecule has 11 heavy (non-hydrogen) atoms. The number of sulfonamides is 1. The Labute approximate surface area is 62.2 Å². The smallest absolute Gasteiger partial charge is 0.321 e. The minimum absolute atomic E-state index is 0.966. The highest BCUT2D eigenvalue weighted by molar-refractivity contribution is 7.90. The van der Waals surface area contributed by atoms with Crippen molar-refractivity contribution in [2.75, 3.05) is 5.75 Å². The predicted octanol–water partition coefficient (Wildman–Crippen LogP) is -1.51. The molecule has 1 unspecified atom stereocenters. The van der Waals surface area contributed by atoms with Gasteiger partial charge in [-0.1, -0.05) is 0 Å². The second kappa shape index (κ2) is 3.39. The summed E-state index contributed by atoms with van der Waals surface area (Å²) in [6, 6.07) is -1.60. The maximum atomic E-state index is 10.3. The van der Waals surface area contributed by atoms with E-state index in [0.29, 0.717) is 0 Å². The first-order valence-electron chi connectivity index (χ1n) is 2.45. The normalized spacial score (nSPS) is 13.9. The number of carboxylic acid groups (broad SMARTS) is 1. The third-order valence-electron chi connectivity index (χ3n) is 0.821. The maximum absolute atomic E-state index is 10.3. The molecule has 0 heterocycles. The third-order valence-corrected chi connectivity index (χ3v) is 1.83. The van der Waals surface area contributed by atoms with E-state index < -0.39 is 27.8 Å². The van der Waals surface area contributed by atoms with Crippen molar-refractivity contribution in [1.82, 2.24) is 0 Å². The number of carbonyl (C=O) groups is 1. The van der Waals surface area contributed by atoms with Gasteiger partial charge in [-0.3, -0.25) is 4.79 Å². The van der Waals surface area contributed by atoms with E-state index in [9.17, 15) is 18.1 Å². The van der Waals surface area contributed by atoms with Crippen molar-refractivity contribution in [3.05, 3.63) is 4.91 Å². The van der Waals surface area contributed by atoms with E-state index in [1.807, 2.05) is 0 Å². The van der Waals surface area contributed by atoms with E-state index in [1.165, 1.54) is 0 Å². The van der Waals surface area contributed by atoms with Gasteiger partial charge in [0.05, 0.1) is 10.3 Å². The van der Waals surface area contributed by atoms with Crippen LogP contribution in [-0.2, 0) is 14.8 Å². The molecule has 0 amide bonds. The Bertz CT molecular complexity index is 257. The Kier molecular flexibility index (Phi) is 3.08. The molecule has 0 aromatic heterocycles. The maximum Gasteiger partial charge on any atom is 0.321 e. The summed E-state index contributed by atoms with van der Waals surface area (Å²) in [5.74, 6) is -2.46. The monoisotopic (exact) mass is 182 g/mol. The van der Waals surface area contributed by atoms with Gasteiger partial charge < -0.3 is 10.8 Å². The summed E-state index contributed by atoms with van der Waals surface area (Å²) in [4.78, 5) is 19.5. The fourth-order valence-corrected chi connectivity index (χ4v) is 0.986. The Morgan fingerprint density at radius 3 is 2.36 bits per heavy atom. The van der Waals surface area contributed by atoms with Crippen molar-refractivity contribution in [2.24, 2.45) is 10.3 Å². The Morgan fingerprint density at radius 2 is 2.09 bits per heavy atom. The lowest BCUT2D eigenvalue weighted by molar-refractivity contribution is -0.137. The fourth-order valence-electron chi connectivity index (χ4n) is 0.329. The van der Waals surface area contributed by atoms with Crippen molar-refractivity contribution in [1.29, 1.82) is 0 Å². The molecule has 1 atom stereocenters. The van der Waals surface area contributed by atoms with E-state index in [2.05, 4.69) is 0 Å². The Balaban J connectivity index is 4.28. The van der Waals surface area contributed by atoms with E-state index in [0.717, 1.165) is 0 Å². The minimum atomic E-state index is -4.20. The van der Waals surface area contributed by atoms with Gasteiger partial charge in [-0.15, -0.1) is 4.91 Å². The van der Waals surface area contributed by atoms with Crippen molar-refractivity contribution >= 4 is 16.0 Å². The molecule has 8 heteroatoms. The number of rotatable bonds is 4. The van der Waals surface area contributed by atoms with E-state index in [4.69, 9.17) is 10.8 Å². The van der Waals surface area contributed by atoms with Gasteiger partial charge in [-0.25, -0.2) is 8.42 Å². The van der Waals surface area contributed by atoms with Gasteiger partial charge in [0, 0.05) is 0 Å². The van der Waals surface area contributed by atoms with Crippen LogP contribution in [0.2, 0.25) is 0 Å². The van der Waals surface area contributed by atoms with Crippen LogP contribution >= 0.6 is 0 Å². The zero-order chi connectivity index (χ0) is 9.07. The average Bonchev–Trinajstić information content (AvgIpc) is 1.87. The number of aliphatic carboxylic acids is 1. The summed E-state index contributed by atoms with van der Waals surface area (Å²) in [5.41, 5.74) is 4.80. The predicted molar refractivity (Wildman–Crippen MR) is 35.2 cm³/mol. The van der Waals surface area contributed by atoms with Crippen LogP contribution < -0.4 is 5.73 Å². The molecule has 0 saturated carbocycles. The number of hydrogen-bond acceptors (Lipinski definition) is 5. The first-order chi connectivity index (χ1) is 4.89. The number of nitrogens with zero attached hydrogens (tertiary/aromatic N) is 1. The van der Waals surface area contributed by atoms with Crippen LogP contribution in [-0.4, -0.2) is 31.3 Å². The topological polar surface area (TPSA) is 127 Å². The fraction of sp³-hybridized carbons (Fsp3) is 0.667. The highest BCUT2D eigenvalue weighted by atomic mass is 32.2. The molecule has 0 rings (SSSR count). The van der Waals surface area contributed by atoms with E-state index >= 15 is 0 Å². The lowest BCUT2D eigenvalue weighted by Gasteiger charge is -2.00. The van der Waals surface area contributed by atoms with Crippen molar-refractivity contribution in [3.8, 4) is 0 Å². The molecule has 0 radical (unpaired) electrons. The van der Waals surface area contributed by atoms with Gasteiger partial charge in [0.25, 0.3) is 10.0 Å². The molecule has 0 fully saturated rings. The molecule has 3 N–H and O–H groups in total. The summed E-state index contributed by atoms with van der Waals surface area (Å²) >= 11 is 0. The van der Waals surface area contributed by atoms with Gasteiger partial charge in [0.2, 0.25) is 0 Å².